The second kappa shape index (κ2) is 5.57. The monoisotopic (exact) mass is 254 g/mol. The molecule has 0 bridgehead atoms. The highest BCUT2D eigenvalue weighted by molar-refractivity contribution is 5.90. The smallest absolute Gasteiger partial charge is 0.363 e. The second-order valence-corrected chi connectivity index (χ2v) is 3.22. The van der Waals surface area contributed by atoms with Gasteiger partial charge in [0.1, 0.15) is 12.7 Å². The van der Waals surface area contributed by atoms with Crippen LogP contribution in [-0.4, -0.2) is 38.2 Å². The van der Waals surface area contributed by atoms with E-state index in [0.29, 0.717) is 0 Å². The molecule has 0 spiro atoms. The van der Waals surface area contributed by atoms with Crippen LogP contribution >= 0.6 is 0 Å². The van der Waals surface area contributed by atoms with E-state index in [-0.39, 0.29) is 13.1 Å². The van der Waals surface area contributed by atoms with E-state index < -0.39 is 28.2 Å². The molecule has 0 aliphatic carbocycles. The number of rotatable bonds is 6. The number of carbonyl (C=O) groups is 2. The molecule has 0 saturated heterocycles. The summed E-state index contributed by atoms with van der Waals surface area (Å²) in [7, 11) is 0. The van der Waals surface area contributed by atoms with E-state index in [1.54, 1.807) is 0 Å². The number of aromatic carboxylic acids is 1. The van der Waals surface area contributed by atoms with Crippen LogP contribution in [0, 0.1) is 10.1 Å². The van der Waals surface area contributed by atoms with Crippen LogP contribution in [0.15, 0.2) is 18.9 Å². The summed E-state index contributed by atoms with van der Waals surface area (Å²) in [5.41, 5.74) is -1.35. The van der Waals surface area contributed by atoms with Crippen LogP contribution in [0.25, 0.3) is 0 Å². The van der Waals surface area contributed by atoms with Gasteiger partial charge in [0.15, 0.2) is 0 Å². The fourth-order valence-electron chi connectivity index (χ4n) is 1.17. The first kappa shape index (κ1) is 13.4. The molecule has 1 rings (SSSR count). The molecule has 1 amide bonds. The zero-order valence-electron chi connectivity index (χ0n) is 9.20. The Hall–Kier alpha value is -2.71. The summed E-state index contributed by atoms with van der Waals surface area (Å²) in [4.78, 5) is 31.7. The predicted molar refractivity (Wildman–Crippen MR) is 59.0 cm³/mol. The van der Waals surface area contributed by atoms with Crippen molar-refractivity contribution in [2.75, 3.05) is 6.54 Å². The summed E-state index contributed by atoms with van der Waals surface area (Å²) < 4.78 is 0.903. The number of amides is 1. The van der Waals surface area contributed by atoms with Gasteiger partial charge in [0.25, 0.3) is 0 Å². The molecule has 1 heterocycles. The van der Waals surface area contributed by atoms with Gasteiger partial charge in [-0.15, -0.1) is 6.58 Å². The maximum atomic E-state index is 11.3. The zero-order chi connectivity index (χ0) is 13.7. The molecule has 1 aromatic rings. The Morgan fingerprint density at radius 3 is 2.78 bits per heavy atom. The largest absolute Gasteiger partial charge is 0.476 e. The van der Waals surface area contributed by atoms with Gasteiger partial charge in [0.05, 0.1) is 4.92 Å². The maximum absolute atomic E-state index is 11.3. The van der Waals surface area contributed by atoms with Gasteiger partial charge in [-0.05, 0) is 0 Å². The van der Waals surface area contributed by atoms with Gasteiger partial charge in [0, 0.05) is 6.54 Å². The molecule has 0 radical (unpaired) electrons. The molecule has 0 unspecified atom stereocenters. The number of nitrogens with zero attached hydrogens (tertiary/aromatic N) is 3. The molecule has 0 aromatic carbocycles. The maximum Gasteiger partial charge on any atom is 0.363 e. The highest BCUT2D eigenvalue weighted by Crippen LogP contribution is 2.16. The fourth-order valence-corrected chi connectivity index (χ4v) is 1.17. The van der Waals surface area contributed by atoms with Crippen LogP contribution in [0.4, 0.5) is 5.69 Å². The lowest BCUT2D eigenvalue weighted by Crippen LogP contribution is -2.27. The normalized spacial score (nSPS) is 9.78. The first-order valence-corrected chi connectivity index (χ1v) is 4.78. The SMILES string of the molecule is C=CCNC(=O)Cn1cc([N+](=O)[O-])c(C(=O)O)n1. The summed E-state index contributed by atoms with van der Waals surface area (Å²) in [5, 5.41) is 25.2. The summed E-state index contributed by atoms with van der Waals surface area (Å²) in [6.07, 6.45) is 2.36. The average Bonchev–Trinajstić information content (AvgIpc) is 2.70. The van der Waals surface area contributed by atoms with Crippen LogP contribution in [0.3, 0.4) is 0 Å². The van der Waals surface area contributed by atoms with Crippen molar-refractivity contribution in [2.24, 2.45) is 0 Å². The van der Waals surface area contributed by atoms with E-state index in [0.717, 1.165) is 10.9 Å². The van der Waals surface area contributed by atoms with Gasteiger partial charge in [-0.3, -0.25) is 19.6 Å². The van der Waals surface area contributed by atoms with Crippen molar-refractivity contribution in [3.8, 4) is 0 Å². The van der Waals surface area contributed by atoms with Gasteiger partial charge in [0.2, 0.25) is 11.6 Å². The molecule has 9 nitrogen and oxygen atoms in total. The Labute approximate surface area is 101 Å². The molecule has 18 heavy (non-hydrogen) atoms. The second-order valence-electron chi connectivity index (χ2n) is 3.22. The number of nitrogens with one attached hydrogen (secondary N) is 1. The zero-order valence-corrected chi connectivity index (χ0v) is 9.20. The lowest BCUT2D eigenvalue weighted by atomic mass is 10.4. The van der Waals surface area contributed by atoms with Crippen molar-refractivity contribution in [1.82, 2.24) is 15.1 Å². The van der Waals surface area contributed by atoms with E-state index in [4.69, 9.17) is 5.11 Å². The highest BCUT2D eigenvalue weighted by Gasteiger charge is 2.25. The molecule has 0 fully saturated rings. The van der Waals surface area contributed by atoms with Crippen LogP contribution in [0.5, 0.6) is 0 Å². The fraction of sp³-hybridized carbons (Fsp3) is 0.222. The quantitative estimate of drug-likeness (QED) is 0.410. The Bertz CT molecular complexity index is 476. The average molecular weight is 254 g/mol. The number of carboxylic acids is 1. The number of carbonyl (C=O) groups excluding carboxylic acids is 1. The van der Waals surface area contributed by atoms with Crippen molar-refractivity contribution in [1.29, 1.82) is 0 Å². The third-order valence-electron chi connectivity index (χ3n) is 1.89. The summed E-state index contributed by atoms with van der Waals surface area (Å²) in [6, 6.07) is 0. The Morgan fingerprint density at radius 2 is 2.33 bits per heavy atom. The van der Waals surface area contributed by atoms with Crippen molar-refractivity contribution in [2.45, 2.75) is 6.54 Å². The van der Waals surface area contributed by atoms with Crippen molar-refractivity contribution in [3.63, 3.8) is 0 Å². The lowest BCUT2D eigenvalue weighted by Gasteiger charge is -2.01. The van der Waals surface area contributed by atoms with E-state index >= 15 is 0 Å². The van der Waals surface area contributed by atoms with E-state index in [9.17, 15) is 19.7 Å². The summed E-state index contributed by atoms with van der Waals surface area (Å²) in [6.45, 7) is 3.34. The van der Waals surface area contributed by atoms with Crippen LogP contribution in [0.2, 0.25) is 0 Å². The third kappa shape index (κ3) is 3.14. The van der Waals surface area contributed by atoms with Gasteiger partial charge < -0.3 is 10.4 Å². The van der Waals surface area contributed by atoms with E-state index in [2.05, 4.69) is 17.0 Å². The minimum atomic E-state index is -1.52. The van der Waals surface area contributed by atoms with E-state index in [1.807, 2.05) is 0 Å². The standard InChI is InChI=1S/C9H10N4O5/c1-2-3-10-7(14)5-12-4-6(13(17)18)8(11-12)9(15)16/h2,4H,1,3,5H2,(H,10,14)(H,15,16). The van der Waals surface area contributed by atoms with Crippen LogP contribution < -0.4 is 5.32 Å². The van der Waals surface area contributed by atoms with Gasteiger partial charge >= 0.3 is 11.7 Å². The molecule has 2 N–H and O–H groups in total. The minimum Gasteiger partial charge on any atom is -0.476 e. The molecule has 96 valence electrons. The molecule has 0 saturated carbocycles. The highest BCUT2D eigenvalue weighted by atomic mass is 16.6. The molecule has 0 aliphatic heterocycles. The molecule has 9 heteroatoms. The van der Waals surface area contributed by atoms with Crippen LogP contribution in [-0.2, 0) is 11.3 Å². The third-order valence-corrected chi connectivity index (χ3v) is 1.89. The van der Waals surface area contributed by atoms with Crippen molar-refractivity contribution >= 4 is 17.6 Å². The molecular weight excluding hydrogens is 244 g/mol. The number of carboxylic acid groups (broad SMARTS) is 1. The number of hydrogen-bond acceptors (Lipinski definition) is 5. The Morgan fingerprint density at radius 1 is 1.67 bits per heavy atom. The first-order chi connectivity index (χ1) is 8.45. The minimum absolute atomic E-state index is 0.244. The van der Waals surface area contributed by atoms with E-state index in [1.165, 1.54) is 6.08 Å². The molecule has 0 atom stereocenters. The molecule has 0 aliphatic rings. The summed E-state index contributed by atoms with van der Waals surface area (Å²) in [5.74, 6) is -1.98. The number of hydrogen-bond donors (Lipinski definition) is 2. The Kier molecular flexibility index (Phi) is 4.13. The first-order valence-electron chi connectivity index (χ1n) is 4.78. The molecular formula is C9H10N4O5. The number of nitro groups is 1. The van der Waals surface area contributed by atoms with Crippen molar-refractivity contribution in [3.05, 3.63) is 34.7 Å². The van der Waals surface area contributed by atoms with Crippen molar-refractivity contribution < 1.29 is 19.6 Å². The summed E-state index contributed by atoms with van der Waals surface area (Å²) >= 11 is 0. The van der Waals surface area contributed by atoms with Gasteiger partial charge in [-0.2, -0.15) is 5.10 Å². The number of aromatic nitrogens is 2. The predicted octanol–water partition coefficient (Wildman–Crippen LogP) is -0.208. The molecule has 1 aromatic heterocycles. The van der Waals surface area contributed by atoms with Gasteiger partial charge in [-0.1, -0.05) is 6.08 Å². The Balaban J connectivity index is 2.88. The lowest BCUT2D eigenvalue weighted by molar-refractivity contribution is -0.385. The van der Waals surface area contributed by atoms with Gasteiger partial charge in [-0.25, -0.2) is 4.79 Å². The van der Waals surface area contributed by atoms with Crippen LogP contribution in [0.1, 0.15) is 10.5 Å². The topological polar surface area (TPSA) is 127 Å².